The SMILES string of the molecule is CCCNS(=O)(=O)c1ccc(CCC(=O)N2CCN(c3cc(Cl)ccc3C)CC2)cc1. The first kappa shape index (κ1) is 23.6. The summed E-state index contributed by atoms with van der Waals surface area (Å²) < 4.78 is 26.9. The van der Waals surface area contributed by atoms with Crippen LogP contribution in [0.5, 0.6) is 0 Å². The molecule has 8 heteroatoms. The van der Waals surface area contributed by atoms with Crippen LogP contribution in [0.4, 0.5) is 5.69 Å². The van der Waals surface area contributed by atoms with Gasteiger partial charge >= 0.3 is 0 Å². The Bertz CT molecular complexity index is 1000. The molecule has 0 saturated carbocycles. The number of amides is 1. The number of rotatable bonds is 8. The lowest BCUT2D eigenvalue weighted by Gasteiger charge is -2.37. The van der Waals surface area contributed by atoms with Crippen LogP contribution in [0, 0.1) is 6.92 Å². The van der Waals surface area contributed by atoms with Gasteiger partial charge < -0.3 is 9.80 Å². The topological polar surface area (TPSA) is 69.7 Å². The summed E-state index contributed by atoms with van der Waals surface area (Å²) in [5.74, 6) is 0.128. The Balaban J connectivity index is 1.50. The van der Waals surface area contributed by atoms with E-state index < -0.39 is 10.0 Å². The van der Waals surface area contributed by atoms with Gasteiger partial charge in [0.05, 0.1) is 4.90 Å². The van der Waals surface area contributed by atoms with E-state index in [2.05, 4.69) is 16.5 Å². The van der Waals surface area contributed by atoms with Crippen molar-refractivity contribution in [2.24, 2.45) is 0 Å². The van der Waals surface area contributed by atoms with E-state index in [9.17, 15) is 13.2 Å². The molecule has 0 aliphatic carbocycles. The van der Waals surface area contributed by atoms with Crippen LogP contribution in [0.1, 0.15) is 30.9 Å². The van der Waals surface area contributed by atoms with Crippen LogP contribution in [0.25, 0.3) is 0 Å². The maximum Gasteiger partial charge on any atom is 0.240 e. The number of aryl methyl sites for hydroxylation is 2. The number of hydrogen-bond donors (Lipinski definition) is 1. The maximum atomic E-state index is 12.7. The summed E-state index contributed by atoms with van der Waals surface area (Å²) in [5, 5.41) is 0.721. The number of sulfonamides is 1. The van der Waals surface area contributed by atoms with E-state index in [4.69, 9.17) is 11.6 Å². The zero-order valence-electron chi connectivity index (χ0n) is 18.1. The number of benzene rings is 2. The van der Waals surface area contributed by atoms with Crippen molar-refractivity contribution in [3.8, 4) is 0 Å². The second-order valence-corrected chi connectivity index (χ2v) is 10.0. The van der Waals surface area contributed by atoms with Crippen molar-refractivity contribution in [1.82, 2.24) is 9.62 Å². The molecule has 0 unspecified atom stereocenters. The Labute approximate surface area is 190 Å². The fraction of sp³-hybridized carbons (Fsp3) is 0.435. The van der Waals surface area contributed by atoms with Crippen molar-refractivity contribution >= 4 is 33.2 Å². The third kappa shape index (κ3) is 6.21. The predicted molar refractivity (Wildman–Crippen MR) is 125 cm³/mol. The highest BCUT2D eigenvalue weighted by molar-refractivity contribution is 7.89. The molecular formula is C23H30ClN3O3S. The highest BCUT2D eigenvalue weighted by Crippen LogP contribution is 2.25. The standard InChI is InChI=1S/C23H30ClN3O3S/c1-3-12-25-31(29,30)21-9-5-19(6-10-21)7-11-23(28)27-15-13-26(14-16-27)22-17-20(24)8-4-18(22)2/h4-6,8-10,17,25H,3,7,11-16H2,1-2H3. The summed E-state index contributed by atoms with van der Waals surface area (Å²) in [5.41, 5.74) is 3.26. The summed E-state index contributed by atoms with van der Waals surface area (Å²) in [7, 11) is -3.46. The van der Waals surface area contributed by atoms with Crippen molar-refractivity contribution in [1.29, 1.82) is 0 Å². The first-order valence-corrected chi connectivity index (χ1v) is 12.5. The van der Waals surface area contributed by atoms with Crippen LogP contribution < -0.4 is 9.62 Å². The average molecular weight is 464 g/mol. The fourth-order valence-electron chi connectivity index (χ4n) is 3.68. The number of piperazine rings is 1. The maximum absolute atomic E-state index is 12.7. The predicted octanol–water partition coefficient (Wildman–Crippen LogP) is 3.62. The van der Waals surface area contributed by atoms with Crippen LogP contribution in [0.15, 0.2) is 47.4 Å². The molecule has 1 saturated heterocycles. The molecule has 6 nitrogen and oxygen atoms in total. The van der Waals surface area contributed by atoms with Crippen LogP contribution in [0.2, 0.25) is 5.02 Å². The Morgan fingerprint density at radius 2 is 1.74 bits per heavy atom. The average Bonchev–Trinajstić information content (AvgIpc) is 2.78. The van der Waals surface area contributed by atoms with Crippen molar-refractivity contribution < 1.29 is 13.2 Å². The molecule has 1 fully saturated rings. The minimum atomic E-state index is -3.46. The summed E-state index contributed by atoms with van der Waals surface area (Å²) in [6, 6.07) is 12.7. The minimum absolute atomic E-state index is 0.128. The second-order valence-electron chi connectivity index (χ2n) is 7.84. The number of halogens is 1. The number of carbonyl (C=O) groups is 1. The lowest BCUT2D eigenvalue weighted by molar-refractivity contribution is -0.131. The lowest BCUT2D eigenvalue weighted by atomic mass is 10.1. The molecule has 0 radical (unpaired) electrons. The van der Waals surface area contributed by atoms with Gasteiger partial charge in [0, 0.05) is 49.9 Å². The lowest BCUT2D eigenvalue weighted by Crippen LogP contribution is -2.49. The largest absolute Gasteiger partial charge is 0.368 e. The summed E-state index contributed by atoms with van der Waals surface area (Å²) in [6.45, 7) is 7.34. The van der Waals surface area contributed by atoms with E-state index in [1.54, 1.807) is 24.3 Å². The van der Waals surface area contributed by atoms with Crippen LogP contribution >= 0.6 is 11.6 Å². The highest BCUT2D eigenvalue weighted by atomic mass is 35.5. The monoisotopic (exact) mass is 463 g/mol. The van der Waals surface area contributed by atoms with E-state index >= 15 is 0 Å². The van der Waals surface area contributed by atoms with Crippen molar-refractivity contribution in [3.05, 3.63) is 58.6 Å². The summed E-state index contributed by atoms with van der Waals surface area (Å²) >= 11 is 6.14. The molecule has 31 heavy (non-hydrogen) atoms. The van der Waals surface area contributed by atoms with E-state index in [0.29, 0.717) is 32.5 Å². The van der Waals surface area contributed by atoms with Crippen LogP contribution in [-0.2, 0) is 21.2 Å². The third-order valence-corrected chi connectivity index (χ3v) is 7.26. The Morgan fingerprint density at radius 3 is 2.39 bits per heavy atom. The summed E-state index contributed by atoms with van der Waals surface area (Å²) in [6.07, 6.45) is 1.75. The van der Waals surface area contributed by atoms with Gasteiger partial charge in [-0.1, -0.05) is 36.7 Å². The van der Waals surface area contributed by atoms with Crippen molar-refractivity contribution in [3.63, 3.8) is 0 Å². The molecule has 0 spiro atoms. The second kappa shape index (κ2) is 10.5. The van der Waals surface area contributed by atoms with Crippen molar-refractivity contribution in [2.45, 2.75) is 38.0 Å². The number of nitrogens with one attached hydrogen (secondary N) is 1. The zero-order valence-corrected chi connectivity index (χ0v) is 19.7. The molecule has 1 aliphatic heterocycles. The molecule has 1 amide bonds. The Morgan fingerprint density at radius 1 is 1.06 bits per heavy atom. The molecule has 2 aromatic rings. The fourth-order valence-corrected chi connectivity index (χ4v) is 4.98. The van der Waals surface area contributed by atoms with Gasteiger partial charge in [0.1, 0.15) is 0 Å². The number of hydrogen-bond acceptors (Lipinski definition) is 4. The minimum Gasteiger partial charge on any atom is -0.368 e. The smallest absolute Gasteiger partial charge is 0.240 e. The molecule has 1 aliphatic rings. The van der Waals surface area contributed by atoms with Gasteiger partial charge in [-0.05, 0) is 55.2 Å². The molecule has 0 atom stereocenters. The molecule has 0 bridgehead atoms. The highest BCUT2D eigenvalue weighted by Gasteiger charge is 2.22. The van der Waals surface area contributed by atoms with E-state index in [-0.39, 0.29) is 10.8 Å². The number of carbonyl (C=O) groups excluding carboxylic acids is 1. The van der Waals surface area contributed by atoms with E-state index in [1.165, 1.54) is 5.56 Å². The summed E-state index contributed by atoms with van der Waals surface area (Å²) in [4.78, 5) is 17.1. The van der Waals surface area contributed by atoms with Crippen LogP contribution in [-0.4, -0.2) is 51.9 Å². The number of anilines is 1. The molecule has 168 valence electrons. The van der Waals surface area contributed by atoms with E-state index in [1.807, 2.05) is 30.0 Å². The first-order valence-electron chi connectivity index (χ1n) is 10.7. The van der Waals surface area contributed by atoms with Gasteiger partial charge in [-0.3, -0.25) is 4.79 Å². The molecule has 0 aromatic heterocycles. The van der Waals surface area contributed by atoms with Gasteiger partial charge in [-0.25, -0.2) is 13.1 Å². The quantitative estimate of drug-likeness (QED) is 0.649. The van der Waals surface area contributed by atoms with Crippen LogP contribution in [0.3, 0.4) is 0 Å². The third-order valence-electron chi connectivity index (χ3n) is 5.55. The molecular weight excluding hydrogens is 434 g/mol. The van der Waals surface area contributed by atoms with Gasteiger partial charge in [0.2, 0.25) is 15.9 Å². The van der Waals surface area contributed by atoms with Gasteiger partial charge in [-0.2, -0.15) is 0 Å². The first-order chi connectivity index (χ1) is 14.8. The van der Waals surface area contributed by atoms with Crippen molar-refractivity contribution in [2.75, 3.05) is 37.6 Å². The van der Waals surface area contributed by atoms with E-state index in [0.717, 1.165) is 35.8 Å². The Hall–Kier alpha value is -2.09. The van der Waals surface area contributed by atoms with Gasteiger partial charge in [0.15, 0.2) is 0 Å². The molecule has 2 aromatic carbocycles. The molecule has 1 heterocycles. The van der Waals surface area contributed by atoms with Gasteiger partial charge in [-0.15, -0.1) is 0 Å². The Kier molecular flexibility index (Phi) is 7.97. The normalized spacial score (nSPS) is 14.7. The number of nitrogens with zero attached hydrogens (tertiary/aromatic N) is 2. The van der Waals surface area contributed by atoms with Gasteiger partial charge in [0.25, 0.3) is 0 Å². The molecule has 3 rings (SSSR count). The molecule has 1 N–H and O–H groups in total. The zero-order chi connectivity index (χ0) is 22.4.